The molecule has 6 heteroatoms. The van der Waals surface area contributed by atoms with E-state index in [2.05, 4.69) is 39.7 Å². The second-order valence-corrected chi connectivity index (χ2v) is 6.56. The molecule has 0 radical (unpaired) electrons. The minimum Gasteiger partial charge on any atom is -0.423 e. The molecule has 1 fully saturated rings. The molecular weight excluding hydrogens is 366 g/mol. The lowest BCUT2D eigenvalue weighted by atomic mass is 9.72. The molecule has 0 unspecified atom stereocenters. The van der Waals surface area contributed by atoms with Gasteiger partial charge < -0.3 is 15.4 Å². The standard InChI is InChI=1S/C14H22BIN2O2/c1-9-12(8-18-6-4-17-5-7-18)10(2)14(16)11(3)13(9)15(19)20/h17,19-20H,4-8H2,1-3H3. The highest BCUT2D eigenvalue weighted by Gasteiger charge is 2.24. The van der Waals surface area contributed by atoms with Gasteiger partial charge in [0.1, 0.15) is 0 Å². The largest absolute Gasteiger partial charge is 0.489 e. The van der Waals surface area contributed by atoms with Crippen molar-refractivity contribution >= 4 is 35.2 Å². The first-order valence-corrected chi connectivity index (χ1v) is 8.08. The van der Waals surface area contributed by atoms with Crippen LogP contribution in [0.25, 0.3) is 0 Å². The summed E-state index contributed by atoms with van der Waals surface area (Å²) >= 11 is 2.31. The highest BCUT2D eigenvalue weighted by atomic mass is 127. The lowest BCUT2D eigenvalue weighted by molar-refractivity contribution is 0.232. The van der Waals surface area contributed by atoms with Crippen molar-refractivity contribution in [1.82, 2.24) is 10.2 Å². The van der Waals surface area contributed by atoms with Gasteiger partial charge in [-0.05, 0) is 71.1 Å². The molecule has 110 valence electrons. The summed E-state index contributed by atoms with van der Waals surface area (Å²) in [5.41, 5.74) is 5.19. The number of halogens is 1. The molecule has 0 saturated carbocycles. The van der Waals surface area contributed by atoms with Crippen LogP contribution in [-0.2, 0) is 6.54 Å². The Kier molecular flexibility index (Phi) is 5.47. The average Bonchev–Trinajstić information content (AvgIpc) is 2.42. The SMILES string of the molecule is Cc1c(I)c(C)c(B(O)O)c(C)c1CN1CCNCC1. The van der Waals surface area contributed by atoms with Gasteiger partial charge in [0.05, 0.1) is 0 Å². The number of rotatable bonds is 3. The molecule has 0 aliphatic carbocycles. The average molecular weight is 388 g/mol. The summed E-state index contributed by atoms with van der Waals surface area (Å²) in [7, 11) is -1.40. The molecule has 1 aliphatic heterocycles. The summed E-state index contributed by atoms with van der Waals surface area (Å²) in [6.45, 7) is 11.1. The van der Waals surface area contributed by atoms with Gasteiger partial charge in [0, 0.05) is 36.3 Å². The summed E-state index contributed by atoms with van der Waals surface area (Å²) in [6.07, 6.45) is 0. The van der Waals surface area contributed by atoms with Gasteiger partial charge in [-0.2, -0.15) is 0 Å². The van der Waals surface area contributed by atoms with Crippen molar-refractivity contribution in [2.45, 2.75) is 27.3 Å². The minimum atomic E-state index is -1.40. The molecule has 1 saturated heterocycles. The predicted octanol–water partition coefficient (Wildman–Crippen LogP) is 0.301. The first-order chi connectivity index (χ1) is 9.43. The van der Waals surface area contributed by atoms with Crippen molar-refractivity contribution in [3.05, 3.63) is 25.8 Å². The fourth-order valence-electron chi connectivity index (χ4n) is 2.97. The third kappa shape index (κ3) is 3.19. The summed E-state index contributed by atoms with van der Waals surface area (Å²) in [6, 6.07) is 0. The Morgan fingerprint density at radius 2 is 1.70 bits per heavy atom. The quantitative estimate of drug-likeness (QED) is 0.516. The Morgan fingerprint density at radius 1 is 1.10 bits per heavy atom. The first-order valence-electron chi connectivity index (χ1n) is 7.00. The van der Waals surface area contributed by atoms with Crippen molar-refractivity contribution in [1.29, 1.82) is 0 Å². The number of hydrogen-bond donors (Lipinski definition) is 3. The highest BCUT2D eigenvalue weighted by Crippen LogP contribution is 2.24. The van der Waals surface area contributed by atoms with Gasteiger partial charge in [-0.3, -0.25) is 4.90 Å². The van der Waals surface area contributed by atoms with Gasteiger partial charge in [0.15, 0.2) is 0 Å². The van der Waals surface area contributed by atoms with Crippen LogP contribution in [0.5, 0.6) is 0 Å². The molecule has 3 N–H and O–H groups in total. The number of hydrogen-bond acceptors (Lipinski definition) is 4. The zero-order chi connectivity index (χ0) is 14.9. The van der Waals surface area contributed by atoms with E-state index in [1.165, 1.54) is 11.1 Å². The van der Waals surface area contributed by atoms with Crippen LogP contribution in [0.2, 0.25) is 0 Å². The van der Waals surface area contributed by atoms with E-state index in [0.29, 0.717) is 5.46 Å². The monoisotopic (exact) mass is 388 g/mol. The second-order valence-electron chi connectivity index (χ2n) is 5.48. The lowest BCUT2D eigenvalue weighted by Crippen LogP contribution is -2.44. The molecular formula is C14H22BIN2O2. The number of nitrogens with one attached hydrogen (secondary N) is 1. The highest BCUT2D eigenvalue weighted by molar-refractivity contribution is 14.1. The minimum absolute atomic E-state index is 0.671. The third-order valence-corrected chi connectivity index (χ3v) is 5.84. The fraction of sp³-hybridized carbons (Fsp3) is 0.571. The first kappa shape index (κ1) is 16.2. The van der Waals surface area contributed by atoms with E-state index in [9.17, 15) is 10.0 Å². The number of piperazine rings is 1. The van der Waals surface area contributed by atoms with Crippen LogP contribution in [0.15, 0.2) is 0 Å². The van der Waals surface area contributed by atoms with E-state index < -0.39 is 7.12 Å². The maximum Gasteiger partial charge on any atom is 0.489 e. The van der Waals surface area contributed by atoms with E-state index >= 15 is 0 Å². The summed E-state index contributed by atoms with van der Waals surface area (Å²) in [5, 5.41) is 22.7. The van der Waals surface area contributed by atoms with Gasteiger partial charge in [-0.15, -0.1) is 0 Å². The van der Waals surface area contributed by atoms with Gasteiger partial charge in [-0.1, -0.05) is 0 Å². The van der Waals surface area contributed by atoms with Crippen LogP contribution in [-0.4, -0.2) is 48.2 Å². The van der Waals surface area contributed by atoms with E-state index in [4.69, 9.17) is 0 Å². The van der Waals surface area contributed by atoms with Gasteiger partial charge in [0.2, 0.25) is 0 Å². The molecule has 0 aromatic heterocycles. The molecule has 0 bridgehead atoms. The maximum atomic E-state index is 9.66. The van der Waals surface area contributed by atoms with Crippen molar-refractivity contribution in [2.24, 2.45) is 0 Å². The Bertz CT molecular complexity index is 503. The maximum absolute atomic E-state index is 9.66. The Hall–Kier alpha value is -0.145. The van der Waals surface area contributed by atoms with E-state index in [-0.39, 0.29) is 0 Å². The topological polar surface area (TPSA) is 55.7 Å². The second kappa shape index (κ2) is 6.74. The van der Waals surface area contributed by atoms with Gasteiger partial charge >= 0.3 is 7.12 Å². The zero-order valence-corrected chi connectivity index (χ0v) is 14.5. The number of benzene rings is 1. The van der Waals surface area contributed by atoms with Crippen molar-refractivity contribution in [2.75, 3.05) is 26.2 Å². The van der Waals surface area contributed by atoms with E-state index in [1.54, 1.807) is 0 Å². The normalized spacial score (nSPS) is 16.5. The van der Waals surface area contributed by atoms with Crippen LogP contribution >= 0.6 is 22.6 Å². The molecule has 2 rings (SSSR count). The van der Waals surface area contributed by atoms with Crippen LogP contribution in [0.3, 0.4) is 0 Å². The Balaban J connectivity index is 2.41. The van der Waals surface area contributed by atoms with E-state index in [0.717, 1.165) is 47.4 Å². The van der Waals surface area contributed by atoms with Crippen molar-refractivity contribution in [3.8, 4) is 0 Å². The molecule has 1 aromatic carbocycles. The molecule has 20 heavy (non-hydrogen) atoms. The Labute approximate surface area is 134 Å². The fourth-order valence-corrected chi connectivity index (χ4v) is 3.59. The summed E-state index contributed by atoms with van der Waals surface area (Å²) < 4.78 is 1.14. The van der Waals surface area contributed by atoms with Crippen molar-refractivity contribution < 1.29 is 10.0 Å². The summed E-state index contributed by atoms with van der Waals surface area (Å²) in [4.78, 5) is 2.42. The van der Waals surface area contributed by atoms with Crippen LogP contribution in [0.4, 0.5) is 0 Å². The van der Waals surface area contributed by atoms with Crippen molar-refractivity contribution in [3.63, 3.8) is 0 Å². The van der Waals surface area contributed by atoms with Gasteiger partial charge in [0.25, 0.3) is 0 Å². The lowest BCUT2D eigenvalue weighted by Gasteiger charge is -2.29. The smallest absolute Gasteiger partial charge is 0.423 e. The van der Waals surface area contributed by atoms with E-state index in [1.807, 2.05) is 13.8 Å². The van der Waals surface area contributed by atoms with Gasteiger partial charge in [-0.25, -0.2) is 0 Å². The third-order valence-electron chi connectivity index (χ3n) is 4.22. The molecule has 4 nitrogen and oxygen atoms in total. The molecule has 0 spiro atoms. The van der Waals surface area contributed by atoms with Crippen LogP contribution < -0.4 is 10.8 Å². The molecule has 1 aliphatic rings. The van der Waals surface area contributed by atoms with Crippen LogP contribution in [0.1, 0.15) is 22.3 Å². The molecule has 1 aromatic rings. The predicted molar refractivity (Wildman–Crippen MR) is 91.3 cm³/mol. The molecule has 1 heterocycles. The molecule has 0 atom stereocenters. The number of nitrogens with zero attached hydrogens (tertiary/aromatic N) is 1. The Morgan fingerprint density at radius 3 is 2.25 bits per heavy atom. The zero-order valence-electron chi connectivity index (χ0n) is 12.3. The van der Waals surface area contributed by atoms with Crippen LogP contribution in [0, 0.1) is 24.3 Å². The summed E-state index contributed by atoms with van der Waals surface area (Å²) in [5.74, 6) is 0. The molecule has 0 amide bonds.